The molecule has 2 heterocycles. The number of nitrogens with zero attached hydrogens (tertiary/aromatic N) is 2. The number of ether oxygens (including phenoxy) is 1. The molecule has 23 heavy (non-hydrogen) atoms. The van der Waals surface area contributed by atoms with E-state index in [1.165, 1.54) is 19.2 Å². The highest BCUT2D eigenvalue weighted by molar-refractivity contribution is 6.10. The average Bonchev–Trinajstić information content (AvgIpc) is 3.07. The highest BCUT2D eigenvalue weighted by Gasteiger charge is 2.30. The van der Waals surface area contributed by atoms with Crippen molar-refractivity contribution in [1.82, 2.24) is 4.57 Å². The topological polar surface area (TPSA) is 34.5 Å². The Labute approximate surface area is 132 Å². The van der Waals surface area contributed by atoms with Crippen molar-refractivity contribution in [3.05, 3.63) is 59.5 Å². The van der Waals surface area contributed by atoms with Crippen LogP contribution in [0.4, 0.5) is 10.1 Å². The number of rotatable bonds is 2. The molecular formula is C18H15FN2O2. The smallest absolute Gasteiger partial charge is 0.259 e. The van der Waals surface area contributed by atoms with Crippen LogP contribution in [0.1, 0.15) is 15.9 Å². The Morgan fingerprint density at radius 2 is 2.00 bits per heavy atom. The molecule has 2 aromatic carbocycles. The van der Waals surface area contributed by atoms with E-state index in [0.29, 0.717) is 17.7 Å². The molecule has 0 N–H and O–H groups in total. The maximum atomic E-state index is 13.9. The van der Waals surface area contributed by atoms with Gasteiger partial charge in [-0.15, -0.1) is 0 Å². The van der Waals surface area contributed by atoms with Crippen LogP contribution in [0.5, 0.6) is 5.75 Å². The van der Waals surface area contributed by atoms with E-state index < -0.39 is 5.82 Å². The number of hydrogen-bond donors (Lipinski definition) is 0. The standard InChI is InChI=1S/C18H15FN2O2/c1-20-6-5-11-7-13(3-4-16(11)20)21-10-12-8-15(19)17(23-2)9-14(12)18(21)22/h3-9H,10H2,1-2H3. The Balaban J connectivity index is 1.76. The van der Waals surface area contributed by atoms with Gasteiger partial charge in [-0.1, -0.05) is 0 Å². The van der Waals surface area contributed by atoms with Gasteiger partial charge in [-0.05, 0) is 42.0 Å². The Morgan fingerprint density at radius 1 is 1.17 bits per heavy atom. The Kier molecular flexibility index (Phi) is 2.91. The Bertz CT molecular complexity index is 946. The quantitative estimate of drug-likeness (QED) is 0.726. The van der Waals surface area contributed by atoms with Crippen LogP contribution in [0.2, 0.25) is 0 Å². The van der Waals surface area contributed by atoms with Gasteiger partial charge in [0.05, 0.1) is 13.7 Å². The van der Waals surface area contributed by atoms with Gasteiger partial charge in [-0.25, -0.2) is 4.39 Å². The molecule has 1 amide bonds. The minimum atomic E-state index is -0.445. The number of fused-ring (bicyclic) bond motifs is 2. The normalized spacial score (nSPS) is 13.7. The number of benzene rings is 2. The minimum Gasteiger partial charge on any atom is -0.494 e. The highest BCUT2D eigenvalue weighted by Crippen LogP contribution is 2.33. The zero-order chi connectivity index (χ0) is 16.1. The summed E-state index contributed by atoms with van der Waals surface area (Å²) < 4.78 is 20.9. The van der Waals surface area contributed by atoms with Crippen LogP contribution in [0.3, 0.4) is 0 Å². The summed E-state index contributed by atoms with van der Waals surface area (Å²) in [7, 11) is 3.37. The van der Waals surface area contributed by atoms with Crippen LogP contribution in [0.15, 0.2) is 42.6 Å². The van der Waals surface area contributed by atoms with E-state index >= 15 is 0 Å². The van der Waals surface area contributed by atoms with Crippen LogP contribution in [0, 0.1) is 5.82 Å². The number of amides is 1. The molecule has 4 rings (SSSR count). The van der Waals surface area contributed by atoms with Crippen LogP contribution < -0.4 is 9.64 Å². The molecule has 3 aromatic rings. The zero-order valence-electron chi connectivity index (χ0n) is 12.8. The second-order valence-electron chi connectivity index (χ2n) is 5.70. The van der Waals surface area contributed by atoms with Crippen molar-refractivity contribution < 1.29 is 13.9 Å². The number of aromatic nitrogens is 1. The largest absolute Gasteiger partial charge is 0.494 e. The van der Waals surface area contributed by atoms with Crippen LogP contribution in [-0.4, -0.2) is 17.6 Å². The summed E-state index contributed by atoms with van der Waals surface area (Å²) in [6, 6.07) is 10.8. The Morgan fingerprint density at radius 3 is 2.78 bits per heavy atom. The van der Waals surface area contributed by atoms with Crippen molar-refractivity contribution in [3.8, 4) is 5.75 Å². The van der Waals surface area contributed by atoms with Gasteiger partial charge >= 0.3 is 0 Å². The van der Waals surface area contributed by atoms with E-state index in [4.69, 9.17) is 4.74 Å². The number of anilines is 1. The maximum absolute atomic E-state index is 13.9. The predicted octanol–water partition coefficient (Wildman–Crippen LogP) is 3.49. The average molecular weight is 310 g/mol. The van der Waals surface area contributed by atoms with Gasteiger partial charge < -0.3 is 14.2 Å². The molecule has 0 bridgehead atoms. The van der Waals surface area contributed by atoms with Gasteiger partial charge in [-0.3, -0.25) is 4.79 Å². The number of hydrogen-bond acceptors (Lipinski definition) is 2. The van der Waals surface area contributed by atoms with E-state index in [1.807, 2.05) is 42.1 Å². The molecule has 116 valence electrons. The van der Waals surface area contributed by atoms with Crippen molar-refractivity contribution in [2.24, 2.45) is 7.05 Å². The first-order valence-corrected chi connectivity index (χ1v) is 7.32. The molecule has 1 aliphatic rings. The van der Waals surface area contributed by atoms with Gasteiger partial charge in [0.25, 0.3) is 5.91 Å². The highest BCUT2D eigenvalue weighted by atomic mass is 19.1. The molecule has 0 fully saturated rings. The summed E-state index contributed by atoms with van der Waals surface area (Å²) >= 11 is 0. The monoisotopic (exact) mass is 310 g/mol. The SMILES string of the molecule is COc1cc2c(cc1F)CN(c1ccc3c(ccn3C)c1)C2=O. The second kappa shape index (κ2) is 4.84. The Hall–Kier alpha value is -2.82. The molecule has 0 unspecified atom stereocenters. The third-order valence-corrected chi connectivity index (χ3v) is 4.36. The molecule has 4 nitrogen and oxygen atoms in total. The lowest BCUT2D eigenvalue weighted by molar-refractivity contribution is 0.0996. The molecule has 0 aliphatic carbocycles. The fourth-order valence-corrected chi connectivity index (χ4v) is 3.11. The van der Waals surface area contributed by atoms with Crippen molar-refractivity contribution in [1.29, 1.82) is 0 Å². The molecule has 0 spiro atoms. The predicted molar refractivity (Wildman–Crippen MR) is 86.4 cm³/mol. The van der Waals surface area contributed by atoms with Crippen molar-refractivity contribution in [3.63, 3.8) is 0 Å². The maximum Gasteiger partial charge on any atom is 0.259 e. The fraction of sp³-hybridized carbons (Fsp3) is 0.167. The number of carbonyl (C=O) groups is 1. The van der Waals surface area contributed by atoms with E-state index in [1.54, 1.807) is 4.90 Å². The van der Waals surface area contributed by atoms with Gasteiger partial charge in [0.15, 0.2) is 11.6 Å². The minimum absolute atomic E-state index is 0.0949. The third kappa shape index (κ3) is 2.00. The van der Waals surface area contributed by atoms with Crippen LogP contribution >= 0.6 is 0 Å². The first-order chi connectivity index (χ1) is 11.1. The molecule has 1 aliphatic heterocycles. The van der Waals surface area contributed by atoms with E-state index in [0.717, 1.165) is 16.6 Å². The number of aryl methyl sites for hydroxylation is 1. The molecule has 5 heteroatoms. The molecule has 0 radical (unpaired) electrons. The van der Waals surface area contributed by atoms with Gasteiger partial charge in [0, 0.05) is 35.4 Å². The van der Waals surface area contributed by atoms with Crippen LogP contribution in [0.25, 0.3) is 10.9 Å². The molecule has 0 saturated carbocycles. The second-order valence-corrected chi connectivity index (χ2v) is 5.70. The molecule has 1 aromatic heterocycles. The zero-order valence-corrected chi connectivity index (χ0v) is 12.8. The third-order valence-electron chi connectivity index (χ3n) is 4.36. The van der Waals surface area contributed by atoms with E-state index in [-0.39, 0.29) is 11.7 Å². The van der Waals surface area contributed by atoms with Gasteiger partial charge in [0.1, 0.15) is 0 Å². The summed E-state index contributed by atoms with van der Waals surface area (Å²) in [5, 5.41) is 1.07. The number of methoxy groups -OCH3 is 1. The lowest BCUT2D eigenvalue weighted by Crippen LogP contribution is -2.22. The molecular weight excluding hydrogens is 295 g/mol. The summed E-state index contributed by atoms with van der Waals surface area (Å²) in [4.78, 5) is 14.3. The molecule has 0 atom stereocenters. The molecule has 0 saturated heterocycles. The number of halogens is 1. The first kappa shape index (κ1) is 13.8. The summed E-state index contributed by atoms with van der Waals surface area (Å²) in [5.41, 5.74) is 3.09. The van der Waals surface area contributed by atoms with Crippen molar-refractivity contribution in [2.75, 3.05) is 12.0 Å². The summed E-state index contributed by atoms with van der Waals surface area (Å²) in [6.07, 6.45) is 1.98. The van der Waals surface area contributed by atoms with Gasteiger partial charge in [-0.2, -0.15) is 0 Å². The summed E-state index contributed by atoms with van der Waals surface area (Å²) in [6.45, 7) is 0.368. The van der Waals surface area contributed by atoms with Crippen molar-refractivity contribution in [2.45, 2.75) is 6.54 Å². The lowest BCUT2D eigenvalue weighted by Gasteiger charge is -2.16. The van der Waals surface area contributed by atoms with Gasteiger partial charge in [0.2, 0.25) is 0 Å². The van der Waals surface area contributed by atoms with Crippen molar-refractivity contribution >= 4 is 22.5 Å². The fourth-order valence-electron chi connectivity index (χ4n) is 3.11. The van der Waals surface area contributed by atoms with E-state index in [9.17, 15) is 9.18 Å². The summed E-state index contributed by atoms with van der Waals surface area (Å²) in [5.74, 6) is -0.481. The van der Waals surface area contributed by atoms with Crippen LogP contribution in [-0.2, 0) is 13.6 Å². The first-order valence-electron chi connectivity index (χ1n) is 7.32. The van der Waals surface area contributed by atoms with E-state index in [2.05, 4.69) is 0 Å². The number of carbonyl (C=O) groups excluding carboxylic acids is 1. The lowest BCUT2D eigenvalue weighted by atomic mass is 10.1.